The Morgan fingerprint density at radius 2 is 1.69 bits per heavy atom. The molecule has 78 valence electrons. The first kappa shape index (κ1) is 15.2. The first-order valence-electron chi connectivity index (χ1n) is 3.95. The molecule has 0 saturated heterocycles. The van der Waals surface area contributed by atoms with Gasteiger partial charge < -0.3 is 9.90 Å². The largest absolute Gasteiger partial charge is 0.481 e. The van der Waals surface area contributed by atoms with Gasteiger partial charge in [-0.15, -0.1) is 0 Å². The molecule has 0 aromatic heterocycles. The Morgan fingerprint density at radius 3 is 1.69 bits per heavy atom. The molecule has 0 rings (SSSR count). The summed E-state index contributed by atoms with van der Waals surface area (Å²) < 4.78 is 0. The van der Waals surface area contributed by atoms with E-state index in [1.165, 1.54) is 0 Å². The van der Waals surface area contributed by atoms with E-state index in [9.17, 15) is 9.59 Å². The highest BCUT2D eigenvalue weighted by molar-refractivity contribution is 6.51. The van der Waals surface area contributed by atoms with Gasteiger partial charge in [-0.25, -0.2) is 0 Å². The van der Waals surface area contributed by atoms with E-state index in [4.69, 9.17) is 28.3 Å². The number of halogens is 2. The molecule has 0 aromatic carbocycles. The third-order valence-electron chi connectivity index (χ3n) is 1.44. The predicted molar refractivity (Wildman–Crippen MR) is 53.3 cm³/mol. The van der Waals surface area contributed by atoms with Gasteiger partial charge in [0, 0.05) is 0 Å². The number of carboxylic acid groups (broad SMARTS) is 1. The van der Waals surface area contributed by atoms with E-state index in [1.54, 1.807) is 0 Å². The number of hydrogen-bond donors (Lipinski definition) is 1. The number of alkyl halides is 2. The van der Waals surface area contributed by atoms with E-state index in [2.05, 4.69) is 0 Å². The van der Waals surface area contributed by atoms with E-state index in [0.29, 0.717) is 6.29 Å². The number of hydrogen-bond acceptors (Lipinski definition) is 2. The van der Waals surface area contributed by atoms with E-state index < -0.39 is 10.8 Å². The summed E-state index contributed by atoms with van der Waals surface area (Å²) in [6, 6.07) is 0. The minimum atomic E-state index is -0.852. The molecule has 13 heavy (non-hydrogen) atoms. The Hall–Kier alpha value is -0.280. The quantitative estimate of drug-likeness (QED) is 0.595. The number of aliphatic carboxylic acids is 1. The van der Waals surface area contributed by atoms with Crippen molar-refractivity contribution in [1.82, 2.24) is 0 Å². The van der Waals surface area contributed by atoms with Crippen LogP contribution in [-0.4, -0.2) is 22.2 Å². The third kappa shape index (κ3) is 11.7. The minimum absolute atomic E-state index is 0.130. The summed E-state index contributed by atoms with van der Waals surface area (Å²) in [5.74, 6) is -0.801. The van der Waals surface area contributed by atoms with Gasteiger partial charge >= 0.3 is 5.97 Å². The van der Waals surface area contributed by atoms with Gasteiger partial charge in [0.15, 0.2) is 11.1 Å². The molecular weight excluding hydrogens is 215 g/mol. The molecular formula is C8H14Cl2O3. The minimum Gasteiger partial charge on any atom is -0.481 e. The lowest BCUT2D eigenvalue weighted by Gasteiger charge is -2.02. The van der Waals surface area contributed by atoms with Crippen LogP contribution in [0.5, 0.6) is 0 Å². The van der Waals surface area contributed by atoms with Crippen molar-refractivity contribution in [3.05, 3.63) is 0 Å². The van der Waals surface area contributed by atoms with Crippen molar-refractivity contribution in [3.63, 3.8) is 0 Å². The average Bonchev–Trinajstić information content (AvgIpc) is 2.07. The number of carbonyl (C=O) groups is 2. The highest BCUT2D eigenvalue weighted by Crippen LogP contribution is 2.05. The average molecular weight is 229 g/mol. The van der Waals surface area contributed by atoms with E-state index >= 15 is 0 Å². The van der Waals surface area contributed by atoms with Crippen molar-refractivity contribution in [1.29, 1.82) is 0 Å². The topological polar surface area (TPSA) is 54.4 Å². The summed E-state index contributed by atoms with van der Waals surface area (Å²) in [7, 11) is 0. The molecule has 1 N–H and O–H groups in total. The lowest BCUT2D eigenvalue weighted by Crippen LogP contribution is -2.10. The second kappa shape index (κ2) is 9.81. The summed E-state index contributed by atoms with van der Waals surface area (Å²) >= 11 is 9.72. The van der Waals surface area contributed by atoms with Crippen LogP contribution in [0, 0.1) is 5.92 Å². The molecule has 0 unspecified atom stereocenters. The number of carbonyl (C=O) groups excluding carboxylic acids is 1. The maximum atomic E-state index is 10.2. The molecule has 0 aromatic rings. The van der Waals surface area contributed by atoms with Crippen LogP contribution in [0.1, 0.15) is 26.7 Å². The summed E-state index contributed by atoms with van der Waals surface area (Å²) in [5, 5.41) is 8.37. The van der Waals surface area contributed by atoms with Crippen LogP contribution in [-0.2, 0) is 9.59 Å². The zero-order valence-electron chi connectivity index (χ0n) is 7.67. The summed E-state index contributed by atoms with van der Waals surface area (Å²) in [6.45, 7) is 3.78. The van der Waals surface area contributed by atoms with E-state index in [0.717, 1.165) is 12.8 Å². The highest BCUT2D eigenvalue weighted by Gasteiger charge is 2.10. The Bertz CT molecular complexity index is 144. The number of aldehydes is 1. The lowest BCUT2D eigenvalue weighted by atomic mass is 10.1. The monoisotopic (exact) mass is 228 g/mol. The molecule has 0 radical (unpaired) electrons. The van der Waals surface area contributed by atoms with Gasteiger partial charge in [-0.3, -0.25) is 4.79 Å². The van der Waals surface area contributed by atoms with Crippen molar-refractivity contribution in [2.24, 2.45) is 5.92 Å². The van der Waals surface area contributed by atoms with Crippen LogP contribution in [0.25, 0.3) is 0 Å². The Kier molecular flexibility index (Phi) is 11.5. The van der Waals surface area contributed by atoms with Gasteiger partial charge in [-0.1, -0.05) is 37.0 Å². The van der Waals surface area contributed by atoms with Gasteiger partial charge in [0.25, 0.3) is 0 Å². The van der Waals surface area contributed by atoms with Crippen LogP contribution < -0.4 is 0 Å². The fraction of sp³-hybridized carbons (Fsp3) is 0.750. The van der Waals surface area contributed by atoms with Crippen molar-refractivity contribution < 1.29 is 14.7 Å². The zero-order valence-corrected chi connectivity index (χ0v) is 9.18. The van der Waals surface area contributed by atoms with Gasteiger partial charge in [0.2, 0.25) is 0 Å². The van der Waals surface area contributed by atoms with Crippen molar-refractivity contribution in [3.8, 4) is 0 Å². The molecule has 0 aliphatic heterocycles. The maximum Gasteiger partial charge on any atom is 0.306 e. The third-order valence-corrected chi connectivity index (χ3v) is 1.64. The molecule has 0 amide bonds. The smallest absolute Gasteiger partial charge is 0.306 e. The Balaban J connectivity index is 0. The van der Waals surface area contributed by atoms with Crippen LogP contribution in [0.15, 0.2) is 0 Å². The molecule has 0 heterocycles. The molecule has 0 saturated carbocycles. The molecule has 3 nitrogen and oxygen atoms in total. The van der Waals surface area contributed by atoms with Crippen molar-refractivity contribution in [2.75, 3.05) is 0 Å². The Labute approximate surface area is 88.0 Å². The second-order valence-corrected chi connectivity index (χ2v) is 3.49. The molecule has 0 fully saturated rings. The van der Waals surface area contributed by atoms with Crippen molar-refractivity contribution in [2.45, 2.75) is 31.5 Å². The fourth-order valence-corrected chi connectivity index (χ4v) is 0.638. The molecule has 0 aliphatic rings. The van der Waals surface area contributed by atoms with Crippen LogP contribution in [0.2, 0.25) is 0 Å². The zero-order chi connectivity index (χ0) is 10.9. The van der Waals surface area contributed by atoms with Crippen molar-refractivity contribution >= 4 is 35.5 Å². The number of rotatable bonds is 4. The SMILES string of the molecule is CCC(CC)C(=O)O.O=CC(Cl)Cl. The molecule has 0 aliphatic carbocycles. The van der Waals surface area contributed by atoms with Gasteiger partial charge in [0.1, 0.15) is 0 Å². The van der Waals surface area contributed by atoms with E-state index in [-0.39, 0.29) is 5.92 Å². The molecule has 0 bridgehead atoms. The first-order valence-corrected chi connectivity index (χ1v) is 4.83. The highest BCUT2D eigenvalue weighted by atomic mass is 35.5. The van der Waals surface area contributed by atoms with Crippen LogP contribution in [0.3, 0.4) is 0 Å². The molecule has 0 atom stereocenters. The van der Waals surface area contributed by atoms with Gasteiger partial charge in [-0.05, 0) is 12.8 Å². The summed E-state index contributed by atoms with van der Waals surface area (Å²) in [5.41, 5.74) is 0. The van der Waals surface area contributed by atoms with Gasteiger partial charge in [-0.2, -0.15) is 0 Å². The maximum absolute atomic E-state index is 10.2. The standard InChI is InChI=1S/C6H12O2.C2H2Cl2O/c1-3-5(4-2)6(7)8;3-2(4)1-5/h5H,3-4H2,1-2H3,(H,7,8);1-2H. The lowest BCUT2D eigenvalue weighted by molar-refractivity contribution is -0.141. The predicted octanol–water partition coefficient (Wildman–Crippen LogP) is 2.50. The normalized spacial score (nSPS) is 9.38. The van der Waals surface area contributed by atoms with Crippen LogP contribution in [0.4, 0.5) is 0 Å². The Morgan fingerprint density at radius 1 is 1.38 bits per heavy atom. The summed E-state index contributed by atoms with van der Waals surface area (Å²) in [4.78, 5) is 18.6. The molecule has 5 heteroatoms. The first-order chi connectivity index (χ1) is 5.99. The second-order valence-electron chi connectivity index (χ2n) is 2.32. The number of carboxylic acids is 1. The fourth-order valence-electron chi connectivity index (χ4n) is 0.638. The van der Waals surface area contributed by atoms with E-state index in [1.807, 2.05) is 13.8 Å². The summed E-state index contributed by atoms with van der Waals surface area (Å²) in [6.07, 6.45) is 1.93. The molecule has 0 spiro atoms. The van der Waals surface area contributed by atoms with Crippen LogP contribution >= 0.6 is 23.2 Å². The van der Waals surface area contributed by atoms with Gasteiger partial charge in [0.05, 0.1) is 5.92 Å².